The number of amides is 4. The van der Waals surface area contributed by atoms with Crippen LogP contribution < -0.4 is 32.4 Å². The summed E-state index contributed by atoms with van der Waals surface area (Å²) in [6.45, 7) is 13.6. The van der Waals surface area contributed by atoms with Crippen molar-refractivity contribution in [1.29, 1.82) is 0 Å². The molecule has 2 aromatic heterocycles. The molecule has 4 heterocycles. The van der Waals surface area contributed by atoms with Crippen LogP contribution in [0.3, 0.4) is 0 Å². The minimum atomic E-state index is -0.858. The summed E-state index contributed by atoms with van der Waals surface area (Å²) in [5.41, 5.74) is 17.7. The number of aromatic nitrogens is 2. The van der Waals surface area contributed by atoms with Gasteiger partial charge in [0.2, 0.25) is 11.8 Å². The Morgan fingerprint density at radius 1 is 0.625 bits per heavy atom. The van der Waals surface area contributed by atoms with Gasteiger partial charge in [-0.15, -0.1) is 13.2 Å². The summed E-state index contributed by atoms with van der Waals surface area (Å²) >= 11 is 0. The van der Waals surface area contributed by atoms with Crippen molar-refractivity contribution in [3.05, 3.63) is 163 Å². The number of anilines is 2. The molecular formula is C48H50F2N8O6. The Hall–Kier alpha value is -7.36. The molecule has 2 aliphatic heterocycles. The third kappa shape index (κ3) is 8.94. The summed E-state index contributed by atoms with van der Waals surface area (Å²) in [5, 5.41) is 0. The zero-order valence-electron chi connectivity index (χ0n) is 35.8. The quantitative estimate of drug-likeness (QED) is 0.226. The molecule has 16 heteroatoms. The van der Waals surface area contributed by atoms with Gasteiger partial charge in [0, 0.05) is 87.3 Å². The number of allylic oxidation sites excluding steroid dienone is 4. The minimum Gasteiger partial charge on any atom is -0.368 e. The monoisotopic (exact) mass is 872 g/mol. The van der Waals surface area contributed by atoms with Gasteiger partial charge in [-0.25, -0.2) is 8.78 Å². The van der Waals surface area contributed by atoms with Crippen LogP contribution in [0.15, 0.2) is 107 Å². The summed E-state index contributed by atoms with van der Waals surface area (Å²) in [7, 11) is 0. The number of piperazine rings is 2. The zero-order valence-corrected chi connectivity index (χ0v) is 35.8. The molecule has 2 fully saturated rings. The topological polar surface area (TPSA) is 177 Å². The first-order valence-corrected chi connectivity index (χ1v) is 20.9. The van der Waals surface area contributed by atoms with Gasteiger partial charge in [0.25, 0.3) is 22.9 Å². The maximum absolute atomic E-state index is 13.6. The molecule has 8 rings (SSSR count). The van der Waals surface area contributed by atoms with Crippen molar-refractivity contribution in [2.45, 2.75) is 51.9 Å². The van der Waals surface area contributed by atoms with Crippen LogP contribution in [0.2, 0.25) is 0 Å². The molecule has 64 heavy (non-hydrogen) atoms. The van der Waals surface area contributed by atoms with Crippen LogP contribution in [0.1, 0.15) is 56.8 Å². The highest BCUT2D eigenvalue weighted by molar-refractivity contribution is 6.02. The Bertz CT molecular complexity index is 2550. The Morgan fingerprint density at radius 2 is 0.984 bits per heavy atom. The van der Waals surface area contributed by atoms with Gasteiger partial charge in [-0.05, 0) is 86.3 Å². The van der Waals surface area contributed by atoms with Gasteiger partial charge in [-0.1, -0.05) is 35.5 Å². The van der Waals surface area contributed by atoms with Crippen LogP contribution in [-0.2, 0) is 35.5 Å². The number of hydrogen-bond donors (Lipinski definition) is 2. The lowest BCUT2D eigenvalue weighted by atomic mass is 10.0. The van der Waals surface area contributed by atoms with Crippen LogP contribution in [-0.4, -0.2) is 93.9 Å². The standard InChI is InChI=1S/2C24H25FN4O3/c2*1-3-8-28-13-20(18-11-15(2)12-19(18)23(28)31)24(32)29-10-9-27(14-21(29)22(26)30)17-6-4-16(25)5-7-17/h2*3-7,11,13,21H,1,8-10,12,14H2,2H3,(H2,26,30). The van der Waals surface area contributed by atoms with Crippen molar-refractivity contribution in [3.8, 4) is 0 Å². The number of carbonyl (C=O) groups is 4. The first-order chi connectivity index (χ1) is 30.6. The van der Waals surface area contributed by atoms with Crippen molar-refractivity contribution in [3.63, 3.8) is 0 Å². The molecule has 0 bridgehead atoms. The van der Waals surface area contributed by atoms with E-state index in [0.717, 1.165) is 22.5 Å². The number of benzene rings is 2. The van der Waals surface area contributed by atoms with Gasteiger partial charge in [0.15, 0.2) is 0 Å². The molecule has 4 aliphatic rings. The number of carbonyl (C=O) groups excluding carboxylic acids is 4. The molecule has 4 aromatic rings. The van der Waals surface area contributed by atoms with E-state index in [4.69, 9.17) is 11.5 Å². The number of rotatable bonds is 10. The van der Waals surface area contributed by atoms with E-state index in [-0.39, 0.29) is 73.8 Å². The lowest BCUT2D eigenvalue weighted by molar-refractivity contribution is -0.123. The number of fused-ring (bicyclic) bond motifs is 2. The number of hydrogen-bond acceptors (Lipinski definition) is 8. The predicted octanol–water partition coefficient (Wildman–Crippen LogP) is 3.90. The van der Waals surface area contributed by atoms with E-state index in [1.165, 1.54) is 43.2 Å². The van der Waals surface area contributed by atoms with Crippen molar-refractivity contribution in [2.75, 3.05) is 49.1 Å². The van der Waals surface area contributed by atoms with E-state index in [0.29, 0.717) is 59.3 Å². The maximum atomic E-state index is 13.6. The molecule has 0 saturated carbocycles. The summed E-state index contributed by atoms with van der Waals surface area (Å²) < 4.78 is 29.5. The average molecular weight is 873 g/mol. The normalized spacial score (nSPS) is 17.7. The first kappa shape index (κ1) is 44.7. The van der Waals surface area contributed by atoms with E-state index < -0.39 is 23.9 Å². The second-order valence-corrected chi connectivity index (χ2v) is 16.4. The van der Waals surface area contributed by atoms with Gasteiger partial charge >= 0.3 is 0 Å². The summed E-state index contributed by atoms with van der Waals surface area (Å²) in [6.07, 6.45) is 11.0. The molecule has 0 spiro atoms. The average Bonchev–Trinajstić information content (AvgIpc) is 3.88. The lowest BCUT2D eigenvalue weighted by Gasteiger charge is -2.41. The summed E-state index contributed by atoms with van der Waals surface area (Å²) in [4.78, 5) is 84.2. The van der Waals surface area contributed by atoms with Gasteiger partial charge in [0.1, 0.15) is 23.7 Å². The Morgan fingerprint density at radius 3 is 1.31 bits per heavy atom. The van der Waals surface area contributed by atoms with Gasteiger partial charge in [-0.3, -0.25) is 28.8 Å². The fourth-order valence-electron chi connectivity index (χ4n) is 8.81. The molecule has 4 amide bonds. The SMILES string of the molecule is C=CCn1cc(C(=O)N2CCN(c3ccc(F)cc3)CC2C(N)=O)c2c(c1=O)CC(C)=C2.C=CCn1cc(C(=O)N2CCN(c3ccc(F)cc3)CC2C(N)=O)c2c(c1=O)CC(C)=C2. The second kappa shape index (κ2) is 18.5. The van der Waals surface area contributed by atoms with E-state index in [9.17, 15) is 37.5 Å². The number of nitrogens with two attached hydrogens (primary N) is 2. The molecule has 14 nitrogen and oxygen atoms in total. The van der Waals surface area contributed by atoms with Crippen LogP contribution in [0.25, 0.3) is 12.2 Å². The molecule has 332 valence electrons. The van der Waals surface area contributed by atoms with E-state index >= 15 is 0 Å². The Labute approximate surface area is 368 Å². The van der Waals surface area contributed by atoms with E-state index in [1.807, 2.05) is 35.8 Å². The number of pyridine rings is 2. The van der Waals surface area contributed by atoms with Crippen molar-refractivity contribution >= 4 is 47.2 Å². The largest absolute Gasteiger partial charge is 0.368 e. The number of nitrogens with zero attached hydrogens (tertiary/aromatic N) is 6. The van der Waals surface area contributed by atoms with Crippen LogP contribution in [0.4, 0.5) is 20.2 Å². The molecule has 2 aromatic carbocycles. The molecule has 0 radical (unpaired) electrons. The van der Waals surface area contributed by atoms with Crippen LogP contribution in [0.5, 0.6) is 0 Å². The number of primary amides is 2. The minimum absolute atomic E-state index is 0.142. The highest BCUT2D eigenvalue weighted by Gasteiger charge is 2.38. The zero-order chi connectivity index (χ0) is 46.0. The molecule has 4 N–H and O–H groups in total. The maximum Gasteiger partial charge on any atom is 0.256 e. The molecule has 2 saturated heterocycles. The Kier molecular flexibility index (Phi) is 13.0. The fourth-order valence-corrected chi connectivity index (χ4v) is 8.81. The molecule has 2 unspecified atom stereocenters. The van der Waals surface area contributed by atoms with Crippen molar-refractivity contribution in [2.24, 2.45) is 11.5 Å². The molecule has 2 atom stereocenters. The van der Waals surface area contributed by atoms with Gasteiger partial charge in [0.05, 0.1) is 11.1 Å². The van der Waals surface area contributed by atoms with Gasteiger partial charge in [-0.2, -0.15) is 0 Å². The summed E-state index contributed by atoms with van der Waals surface area (Å²) in [5.74, 6) is -2.61. The highest BCUT2D eigenvalue weighted by Crippen LogP contribution is 2.30. The lowest BCUT2D eigenvalue weighted by Crippen LogP contribution is -2.60. The highest BCUT2D eigenvalue weighted by atomic mass is 19.1. The third-order valence-corrected chi connectivity index (χ3v) is 12.0. The van der Waals surface area contributed by atoms with E-state index in [2.05, 4.69) is 13.2 Å². The van der Waals surface area contributed by atoms with Crippen LogP contribution in [0, 0.1) is 11.6 Å². The Balaban J connectivity index is 0.000000191. The van der Waals surface area contributed by atoms with E-state index in [1.54, 1.807) is 48.8 Å². The molecule has 2 aliphatic carbocycles. The second-order valence-electron chi connectivity index (χ2n) is 16.4. The van der Waals surface area contributed by atoms with Crippen molar-refractivity contribution in [1.82, 2.24) is 18.9 Å². The number of halogens is 2. The van der Waals surface area contributed by atoms with Gasteiger partial charge < -0.3 is 40.2 Å². The predicted molar refractivity (Wildman–Crippen MR) is 242 cm³/mol. The summed E-state index contributed by atoms with van der Waals surface area (Å²) in [6, 6.07) is 10.2. The fraction of sp³-hybridized carbons (Fsp3) is 0.292. The van der Waals surface area contributed by atoms with Crippen LogP contribution >= 0.6 is 0 Å². The molecular weight excluding hydrogens is 823 g/mol. The first-order valence-electron chi connectivity index (χ1n) is 20.9. The van der Waals surface area contributed by atoms with Crippen molar-refractivity contribution < 1.29 is 28.0 Å². The third-order valence-electron chi connectivity index (χ3n) is 12.0. The smallest absolute Gasteiger partial charge is 0.256 e.